The van der Waals surface area contributed by atoms with Crippen LogP contribution in [0.2, 0.25) is 0 Å². The summed E-state index contributed by atoms with van der Waals surface area (Å²) >= 11 is 0. The fourth-order valence-corrected chi connectivity index (χ4v) is 4.86. The molecule has 0 N–H and O–H groups in total. The van der Waals surface area contributed by atoms with Gasteiger partial charge in [-0.05, 0) is 40.5 Å². The second kappa shape index (κ2) is 10.4. The van der Waals surface area contributed by atoms with Gasteiger partial charge in [0.15, 0.2) is 17.5 Å². The first-order chi connectivity index (χ1) is 19.8. The molecule has 2 aromatic heterocycles. The summed E-state index contributed by atoms with van der Waals surface area (Å²) < 4.78 is 0. The standard InChI is InChI=1S/C36H24N4/c1-3-8-25(9-4-1)26-13-17-29(18-14-26)35-38-34(28-10-5-2-6-11-28)39-36(40-35)30-19-15-27(16-20-30)31-21-22-33-32(24-31)12-7-23-37-33/h1-24H. The highest BCUT2D eigenvalue weighted by molar-refractivity contribution is 5.84. The molecule has 0 fully saturated rings. The van der Waals surface area contributed by atoms with Crippen molar-refractivity contribution in [3.63, 3.8) is 0 Å². The number of hydrogen-bond acceptors (Lipinski definition) is 4. The Morgan fingerprint density at radius 1 is 0.325 bits per heavy atom. The molecule has 0 saturated carbocycles. The third-order valence-corrected chi connectivity index (χ3v) is 7.00. The normalized spacial score (nSPS) is 11.0. The molecule has 0 atom stereocenters. The van der Waals surface area contributed by atoms with Gasteiger partial charge in [0.2, 0.25) is 0 Å². The number of nitrogens with zero attached hydrogens (tertiary/aromatic N) is 4. The number of hydrogen-bond donors (Lipinski definition) is 0. The highest BCUT2D eigenvalue weighted by Gasteiger charge is 2.13. The van der Waals surface area contributed by atoms with Crippen LogP contribution in [0.3, 0.4) is 0 Å². The van der Waals surface area contributed by atoms with Gasteiger partial charge >= 0.3 is 0 Å². The van der Waals surface area contributed by atoms with E-state index in [0.29, 0.717) is 17.5 Å². The third kappa shape index (κ3) is 4.74. The van der Waals surface area contributed by atoms with Gasteiger partial charge in [0.25, 0.3) is 0 Å². The molecule has 0 aliphatic heterocycles. The minimum absolute atomic E-state index is 0.644. The Balaban J connectivity index is 1.27. The van der Waals surface area contributed by atoms with E-state index < -0.39 is 0 Å². The maximum atomic E-state index is 4.91. The van der Waals surface area contributed by atoms with Crippen molar-refractivity contribution in [1.29, 1.82) is 0 Å². The van der Waals surface area contributed by atoms with Crippen LogP contribution in [0, 0.1) is 0 Å². The number of pyridine rings is 1. The zero-order valence-corrected chi connectivity index (χ0v) is 21.6. The zero-order chi connectivity index (χ0) is 26.7. The second-order valence-electron chi connectivity index (χ2n) is 9.60. The van der Waals surface area contributed by atoms with Crippen LogP contribution in [0.4, 0.5) is 0 Å². The van der Waals surface area contributed by atoms with Crippen LogP contribution in [-0.2, 0) is 0 Å². The fraction of sp³-hybridized carbons (Fsp3) is 0. The zero-order valence-electron chi connectivity index (χ0n) is 21.6. The summed E-state index contributed by atoms with van der Waals surface area (Å²) in [4.78, 5) is 19.1. The van der Waals surface area contributed by atoms with Gasteiger partial charge in [-0.25, -0.2) is 15.0 Å². The monoisotopic (exact) mass is 512 g/mol. The highest BCUT2D eigenvalue weighted by atomic mass is 15.0. The van der Waals surface area contributed by atoms with E-state index in [-0.39, 0.29) is 0 Å². The lowest BCUT2D eigenvalue weighted by molar-refractivity contribution is 1.07. The number of rotatable bonds is 5. The molecule has 0 spiro atoms. The predicted molar refractivity (Wildman–Crippen MR) is 162 cm³/mol. The smallest absolute Gasteiger partial charge is 0.164 e. The molecule has 0 aliphatic rings. The van der Waals surface area contributed by atoms with E-state index in [2.05, 4.69) is 102 Å². The lowest BCUT2D eigenvalue weighted by atomic mass is 10.0. The van der Waals surface area contributed by atoms with E-state index in [1.807, 2.05) is 48.7 Å². The quantitative estimate of drug-likeness (QED) is 0.231. The topological polar surface area (TPSA) is 51.6 Å². The van der Waals surface area contributed by atoms with Gasteiger partial charge < -0.3 is 0 Å². The molecule has 40 heavy (non-hydrogen) atoms. The predicted octanol–water partition coefficient (Wildman–Crippen LogP) is 8.75. The summed E-state index contributed by atoms with van der Waals surface area (Å²) in [5.41, 5.74) is 8.44. The highest BCUT2D eigenvalue weighted by Crippen LogP contribution is 2.29. The molecule has 2 heterocycles. The minimum atomic E-state index is 0.644. The molecule has 4 heteroatoms. The maximum Gasteiger partial charge on any atom is 0.164 e. The molecule has 188 valence electrons. The van der Waals surface area contributed by atoms with Crippen molar-refractivity contribution in [2.24, 2.45) is 0 Å². The molecule has 0 aliphatic carbocycles. The van der Waals surface area contributed by atoms with E-state index in [9.17, 15) is 0 Å². The molecule has 0 unspecified atom stereocenters. The van der Waals surface area contributed by atoms with E-state index in [0.717, 1.165) is 44.3 Å². The lowest BCUT2D eigenvalue weighted by Gasteiger charge is -2.10. The average molecular weight is 513 g/mol. The van der Waals surface area contributed by atoms with Gasteiger partial charge in [0, 0.05) is 28.3 Å². The van der Waals surface area contributed by atoms with Crippen molar-refractivity contribution in [2.75, 3.05) is 0 Å². The maximum absolute atomic E-state index is 4.91. The van der Waals surface area contributed by atoms with E-state index in [1.54, 1.807) is 0 Å². The molecule has 4 nitrogen and oxygen atoms in total. The van der Waals surface area contributed by atoms with Gasteiger partial charge in [-0.15, -0.1) is 0 Å². The second-order valence-corrected chi connectivity index (χ2v) is 9.60. The van der Waals surface area contributed by atoms with Crippen LogP contribution in [0.1, 0.15) is 0 Å². The first kappa shape index (κ1) is 23.6. The molecule has 7 aromatic rings. The lowest BCUT2D eigenvalue weighted by Crippen LogP contribution is -2.00. The Bertz CT molecular complexity index is 1920. The first-order valence-corrected chi connectivity index (χ1v) is 13.2. The number of aromatic nitrogens is 4. The summed E-state index contributed by atoms with van der Waals surface area (Å²) in [5.74, 6) is 1.94. The third-order valence-electron chi connectivity index (χ3n) is 7.00. The molecule has 0 amide bonds. The molecular formula is C36H24N4. The minimum Gasteiger partial charge on any atom is -0.256 e. The van der Waals surface area contributed by atoms with Crippen LogP contribution >= 0.6 is 0 Å². The van der Waals surface area contributed by atoms with Crippen molar-refractivity contribution in [2.45, 2.75) is 0 Å². The number of benzene rings is 5. The molecule has 7 rings (SSSR count). The Morgan fingerprint density at radius 2 is 0.750 bits per heavy atom. The average Bonchev–Trinajstić information content (AvgIpc) is 3.05. The van der Waals surface area contributed by atoms with Crippen molar-refractivity contribution in [1.82, 2.24) is 19.9 Å². The Morgan fingerprint density at radius 3 is 1.32 bits per heavy atom. The largest absolute Gasteiger partial charge is 0.256 e. The van der Waals surface area contributed by atoms with Gasteiger partial charge in [-0.2, -0.15) is 0 Å². The summed E-state index contributed by atoms with van der Waals surface area (Å²) in [5, 5.41) is 1.12. The van der Waals surface area contributed by atoms with Crippen molar-refractivity contribution in [3.05, 3.63) is 146 Å². The van der Waals surface area contributed by atoms with E-state index in [4.69, 9.17) is 15.0 Å². The fourth-order valence-electron chi connectivity index (χ4n) is 4.86. The summed E-state index contributed by atoms with van der Waals surface area (Å²) in [6.45, 7) is 0. The Kier molecular flexibility index (Phi) is 6.11. The Hall–Kier alpha value is -5.48. The van der Waals surface area contributed by atoms with E-state index >= 15 is 0 Å². The van der Waals surface area contributed by atoms with Crippen molar-refractivity contribution in [3.8, 4) is 56.4 Å². The SMILES string of the molecule is c1ccc(-c2ccc(-c3nc(-c4ccccc4)nc(-c4ccc(-c5ccc6ncccc6c5)cc4)n3)cc2)cc1. The molecule has 0 saturated heterocycles. The van der Waals surface area contributed by atoms with Crippen molar-refractivity contribution >= 4 is 10.9 Å². The van der Waals surface area contributed by atoms with Crippen LogP contribution in [0.5, 0.6) is 0 Å². The molecular weight excluding hydrogens is 488 g/mol. The van der Waals surface area contributed by atoms with Crippen LogP contribution < -0.4 is 0 Å². The van der Waals surface area contributed by atoms with Gasteiger partial charge in [-0.1, -0.05) is 121 Å². The van der Waals surface area contributed by atoms with Crippen LogP contribution in [-0.4, -0.2) is 19.9 Å². The summed E-state index contributed by atoms with van der Waals surface area (Å²) in [7, 11) is 0. The Labute approximate surface area is 232 Å². The molecule has 0 radical (unpaired) electrons. The van der Waals surface area contributed by atoms with Crippen LogP contribution in [0.25, 0.3) is 67.3 Å². The van der Waals surface area contributed by atoms with Gasteiger partial charge in [0.1, 0.15) is 0 Å². The molecule has 5 aromatic carbocycles. The molecule has 0 bridgehead atoms. The van der Waals surface area contributed by atoms with Gasteiger partial charge in [0.05, 0.1) is 5.52 Å². The van der Waals surface area contributed by atoms with Crippen molar-refractivity contribution < 1.29 is 0 Å². The summed E-state index contributed by atoms with van der Waals surface area (Å²) in [6, 6.07) is 47.6. The van der Waals surface area contributed by atoms with E-state index in [1.165, 1.54) is 5.56 Å². The van der Waals surface area contributed by atoms with Gasteiger partial charge in [-0.3, -0.25) is 4.98 Å². The number of fused-ring (bicyclic) bond motifs is 1. The first-order valence-electron chi connectivity index (χ1n) is 13.2. The summed E-state index contributed by atoms with van der Waals surface area (Å²) in [6.07, 6.45) is 1.82. The van der Waals surface area contributed by atoms with Crippen LogP contribution in [0.15, 0.2) is 146 Å².